The van der Waals surface area contributed by atoms with Crippen molar-refractivity contribution in [2.45, 2.75) is 12.2 Å². The molecule has 4 nitrogen and oxygen atoms in total. The molecule has 0 radical (unpaired) electrons. The Balaban J connectivity index is 2.45. The molecule has 1 unspecified atom stereocenters. The summed E-state index contributed by atoms with van der Waals surface area (Å²) in [4.78, 5) is 11.7. The van der Waals surface area contributed by atoms with Gasteiger partial charge in [0.25, 0.3) is 0 Å². The molecule has 0 heterocycles. The predicted octanol–water partition coefficient (Wildman–Crippen LogP) is 2.29. The van der Waals surface area contributed by atoms with Gasteiger partial charge in [0, 0.05) is 24.6 Å². The summed E-state index contributed by atoms with van der Waals surface area (Å²) < 4.78 is 4.90. The van der Waals surface area contributed by atoms with E-state index in [0.717, 1.165) is 5.69 Å². The first kappa shape index (κ1) is 16.0. The molecule has 106 valence electrons. The summed E-state index contributed by atoms with van der Waals surface area (Å²) >= 11 is 1.79. The molecule has 0 bridgehead atoms. The number of hydrogen-bond donors (Lipinski definition) is 2. The van der Waals surface area contributed by atoms with Gasteiger partial charge in [0.15, 0.2) is 0 Å². The molecule has 1 atom stereocenters. The van der Waals surface area contributed by atoms with Gasteiger partial charge in [-0.2, -0.15) is 11.8 Å². The van der Waals surface area contributed by atoms with Crippen LogP contribution in [0.25, 0.3) is 0 Å². The Kier molecular flexibility index (Phi) is 7.55. The van der Waals surface area contributed by atoms with Gasteiger partial charge in [-0.05, 0) is 30.9 Å². The first-order chi connectivity index (χ1) is 9.17. The number of anilines is 1. The van der Waals surface area contributed by atoms with Crippen LogP contribution in [0.4, 0.5) is 5.69 Å². The molecule has 0 saturated heterocycles. The van der Waals surface area contributed by atoms with Gasteiger partial charge in [0.1, 0.15) is 0 Å². The van der Waals surface area contributed by atoms with Crippen molar-refractivity contribution in [2.24, 2.45) is 0 Å². The summed E-state index contributed by atoms with van der Waals surface area (Å²) in [6.07, 6.45) is 2.08. The summed E-state index contributed by atoms with van der Waals surface area (Å²) in [6, 6.07) is 7.97. The fraction of sp³-hybridized carbons (Fsp3) is 0.500. The van der Waals surface area contributed by atoms with Crippen molar-refractivity contribution in [2.75, 3.05) is 38.4 Å². The van der Waals surface area contributed by atoms with Crippen molar-refractivity contribution in [3.8, 4) is 0 Å². The van der Waals surface area contributed by atoms with E-state index in [1.54, 1.807) is 18.9 Å². The third-order valence-electron chi connectivity index (χ3n) is 2.76. The summed E-state index contributed by atoms with van der Waals surface area (Å²) in [6.45, 7) is 3.73. The summed E-state index contributed by atoms with van der Waals surface area (Å²) in [5.74, 6) is -0.0370. The van der Waals surface area contributed by atoms with Crippen LogP contribution in [0.1, 0.15) is 17.7 Å². The number of amides is 1. The fourth-order valence-electron chi connectivity index (χ4n) is 1.59. The summed E-state index contributed by atoms with van der Waals surface area (Å²) in [5.41, 5.74) is 2.06. The molecule has 0 aromatic heterocycles. The smallest absolute Gasteiger partial charge is 0.238 e. The molecule has 0 aliphatic heterocycles. The number of benzene rings is 1. The second-order valence-corrected chi connectivity index (χ2v) is 5.40. The van der Waals surface area contributed by atoms with E-state index >= 15 is 0 Å². The average molecular weight is 282 g/mol. The Morgan fingerprint density at radius 1 is 1.47 bits per heavy atom. The normalized spacial score (nSPS) is 12.2. The maximum atomic E-state index is 11.7. The van der Waals surface area contributed by atoms with E-state index in [-0.39, 0.29) is 5.91 Å². The number of carbonyl (C=O) groups excluding carboxylic acids is 1. The molecule has 1 amide bonds. The van der Waals surface area contributed by atoms with E-state index in [1.165, 1.54) is 5.56 Å². The van der Waals surface area contributed by atoms with Gasteiger partial charge in [0.2, 0.25) is 5.91 Å². The van der Waals surface area contributed by atoms with E-state index < -0.39 is 0 Å². The maximum Gasteiger partial charge on any atom is 0.238 e. The molecular formula is C14H22N2O2S. The number of nitrogens with one attached hydrogen (secondary N) is 2. The molecule has 0 fully saturated rings. The van der Waals surface area contributed by atoms with Crippen LogP contribution in [0.5, 0.6) is 0 Å². The summed E-state index contributed by atoms with van der Waals surface area (Å²) in [7, 11) is 1.64. The van der Waals surface area contributed by atoms with Crippen LogP contribution < -0.4 is 10.6 Å². The minimum atomic E-state index is -0.0370. The Labute approximate surface area is 119 Å². The standard InChI is InChI=1S/C14H22N2O2S/c1-11(19-3)12-5-4-6-13(9-12)16-14(17)10-15-7-8-18-2/h4-6,9,11,15H,7-8,10H2,1-3H3,(H,16,17). The predicted molar refractivity (Wildman–Crippen MR) is 81.7 cm³/mol. The van der Waals surface area contributed by atoms with E-state index in [2.05, 4.69) is 29.9 Å². The van der Waals surface area contributed by atoms with Crippen LogP contribution in [-0.2, 0) is 9.53 Å². The Hall–Kier alpha value is -1.04. The largest absolute Gasteiger partial charge is 0.383 e. The molecule has 5 heteroatoms. The molecule has 0 saturated carbocycles. The van der Waals surface area contributed by atoms with E-state index in [1.807, 2.05) is 18.2 Å². The fourth-order valence-corrected chi connectivity index (χ4v) is 2.01. The third-order valence-corrected chi connectivity index (χ3v) is 3.74. The van der Waals surface area contributed by atoms with Gasteiger partial charge in [-0.15, -0.1) is 0 Å². The van der Waals surface area contributed by atoms with Crippen LogP contribution in [0.15, 0.2) is 24.3 Å². The molecule has 1 aromatic rings. The molecule has 19 heavy (non-hydrogen) atoms. The van der Waals surface area contributed by atoms with Gasteiger partial charge in [-0.3, -0.25) is 4.79 Å². The van der Waals surface area contributed by atoms with Gasteiger partial charge >= 0.3 is 0 Å². The van der Waals surface area contributed by atoms with Gasteiger partial charge in [0.05, 0.1) is 13.2 Å². The monoisotopic (exact) mass is 282 g/mol. The number of methoxy groups -OCH3 is 1. The van der Waals surface area contributed by atoms with Gasteiger partial charge in [-0.25, -0.2) is 0 Å². The van der Waals surface area contributed by atoms with Crippen LogP contribution in [0.2, 0.25) is 0 Å². The van der Waals surface area contributed by atoms with Gasteiger partial charge in [-0.1, -0.05) is 12.1 Å². The van der Waals surface area contributed by atoms with Crippen LogP contribution in [-0.4, -0.2) is 39.0 Å². The molecule has 1 rings (SSSR count). The minimum absolute atomic E-state index is 0.0370. The summed E-state index contributed by atoms with van der Waals surface area (Å²) in [5, 5.41) is 6.33. The maximum absolute atomic E-state index is 11.7. The molecular weight excluding hydrogens is 260 g/mol. The molecule has 0 spiro atoms. The van der Waals surface area contributed by atoms with Crippen LogP contribution >= 0.6 is 11.8 Å². The quantitative estimate of drug-likeness (QED) is 0.718. The van der Waals surface area contributed by atoms with Crippen molar-refractivity contribution in [3.63, 3.8) is 0 Å². The highest BCUT2D eigenvalue weighted by atomic mass is 32.2. The lowest BCUT2D eigenvalue weighted by Crippen LogP contribution is -2.30. The number of rotatable bonds is 8. The second-order valence-electron chi connectivity index (χ2n) is 4.22. The Bertz CT molecular complexity index is 399. The van der Waals surface area contributed by atoms with E-state index in [0.29, 0.717) is 24.9 Å². The van der Waals surface area contributed by atoms with Crippen molar-refractivity contribution in [3.05, 3.63) is 29.8 Å². The second kappa shape index (κ2) is 8.96. The zero-order chi connectivity index (χ0) is 14.1. The van der Waals surface area contributed by atoms with E-state index in [9.17, 15) is 4.79 Å². The molecule has 2 N–H and O–H groups in total. The third kappa shape index (κ3) is 6.09. The first-order valence-electron chi connectivity index (χ1n) is 6.29. The number of carbonyl (C=O) groups is 1. The van der Waals surface area contributed by atoms with Crippen LogP contribution in [0.3, 0.4) is 0 Å². The lowest BCUT2D eigenvalue weighted by molar-refractivity contribution is -0.115. The van der Waals surface area contributed by atoms with Crippen molar-refractivity contribution in [1.29, 1.82) is 0 Å². The topological polar surface area (TPSA) is 50.4 Å². The van der Waals surface area contributed by atoms with E-state index in [4.69, 9.17) is 4.74 Å². The highest BCUT2D eigenvalue weighted by Crippen LogP contribution is 2.27. The van der Waals surface area contributed by atoms with Gasteiger partial charge < -0.3 is 15.4 Å². The lowest BCUT2D eigenvalue weighted by atomic mass is 10.1. The SMILES string of the molecule is COCCNCC(=O)Nc1cccc(C(C)SC)c1. The minimum Gasteiger partial charge on any atom is -0.383 e. The highest BCUT2D eigenvalue weighted by Gasteiger charge is 2.06. The zero-order valence-electron chi connectivity index (χ0n) is 11.7. The highest BCUT2D eigenvalue weighted by molar-refractivity contribution is 7.98. The average Bonchev–Trinajstić information content (AvgIpc) is 2.43. The number of hydrogen-bond acceptors (Lipinski definition) is 4. The first-order valence-corrected chi connectivity index (χ1v) is 7.58. The van der Waals surface area contributed by atoms with Crippen molar-refractivity contribution < 1.29 is 9.53 Å². The number of ether oxygens (including phenoxy) is 1. The van der Waals surface area contributed by atoms with Crippen molar-refractivity contribution >= 4 is 23.4 Å². The Morgan fingerprint density at radius 2 is 2.26 bits per heavy atom. The molecule has 0 aliphatic rings. The molecule has 1 aromatic carbocycles. The lowest BCUT2D eigenvalue weighted by Gasteiger charge is -2.11. The zero-order valence-corrected chi connectivity index (χ0v) is 12.5. The number of thioether (sulfide) groups is 1. The van der Waals surface area contributed by atoms with Crippen molar-refractivity contribution in [1.82, 2.24) is 5.32 Å². The van der Waals surface area contributed by atoms with Crippen LogP contribution in [0, 0.1) is 0 Å². The Morgan fingerprint density at radius 3 is 2.95 bits per heavy atom. The molecule has 0 aliphatic carbocycles.